The van der Waals surface area contributed by atoms with Crippen LogP contribution in [0.15, 0.2) is 12.3 Å². The molecule has 2 aliphatic heterocycles. The highest BCUT2D eigenvalue weighted by atomic mass is 16.5. The van der Waals surface area contributed by atoms with Crippen LogP contribution in [0.4, 0.5) is 0 Å². The average molecular weight is 572 g/mol. The molecule has 2 saturated heterocycles. The van der Waals surface area contributed by atoms with Gasteiger partial charge in [0, 0.05) is 49.3 Å². The Morgan fingerprint density at radius 3 is 2.15 bits per heavy atom. The standard InChI is InChI=1S/C36H65N3O2/c1-28(31-24-39(25-31)26-33(40)27-41-36-22-10-21-35-34(36)20-11-23-37-35)38-32(18-8-16-29-12-4-2-5-13-29)19-9-17-30-14-6-3-7-15-30/h29-38,40H,1-27H2/t33-,34?,35?,36?/m0/s1. The first kappa shape index (κ1) is 31.8. The van der Waals surface area contributed by atoms with E-state index in [1.165, 1.54) is 134 Å². The zero-order valence-electron chi connectivity index (χ0n) is 26.5. The zero-order chi connectivity index (χ0) is 28.3. The highest BCUT2D eigenvalue weighted by Gasteiger charge is 2.36. The van der Waals surface area contributed by atoms with Crippen LogP contribution >= 0.6 is 0 Å². The van der Waals surface area contributed by atoms with Gasteiger partial charge in [-0.1, -0.05) is 96.5 Å². The van der Waals surface area contributed by atoms with Gasteiger partial charge in [0.25, 0.3) is 0 Å². The van der Waals surface area contributed by atoms with Gasteiger partial charge in [-0.3, -0.25) is 4.90 Å². The minimum absolute atomic E-state index is 0.331. The molecule has 3 unspecified atom stereocenters. The number of hydrogen-bond acceptors (Lipinski definition) is 5. The Kier molecular flexibility index (Phi) is 13.2. The second kappa shape index (κ2) is 17.0. The summed E-state index contributed by atoms with van der Waals surface area (Å²) in [5.41, 5.74) is 1.25. The Morgan fingerprint density at radius 1 is 0.829 bits per heavy atom. The molecule has 0 amide bonds. The van der Waals surface area contributed by atoms with E-state index in [0.29, 0.717) is 36.6 Å². The van der Waals surface area contributed by atoms with Crippen LogP contribution in [0.5, 0.6) is 0 Å². The highest BCUT2D eigenvalue weighted by molar-refractivity contribution is 5.07. The van der Waals surface area contributed by atoms with E-state index in [1.54, 1.807) is 0 Å². The summed E-state index contributed by atoms with van der Waals surface area (Å²) in [6.07, 6.45) is 29.1. The van der Waals surface area contributed by atoms with Gasteiger partial charge in [0.1, 0.15) is 0 Å². The smallest absolute Gasteiger partial charge is 0.0900 e. The van der Waals surface area contributed by atoms with Crippen molar-refractivity contribution in [2.24, 2.45) is 23.7 Å². The van der Waals surface area contributed by atoms with Gasteiger partial charge < -0.3 is 20.5 Å². The van der Waals surface area contributed by atoms with E-state index in [1.807, 2.05) is 0 Å². The molecule has 0 aromatic heterocycles. The molecular weight excluding hydrogens is 506 g/mol. The first-order valence-corrected chi connectivity index (χ1v) is 18.3. The van der Waals surface area contributed by atoms with Crippen molar-refractivity contribution in [1.82, 2.24) is 15.5 Å². The van der Waals surface area contributed by atoms with E-state index in [9.17, 15) is 5.11 Å². The normalized spacial score (nSPS) is 29.7. The Bertz CT molecular complexity index is 717. The molecule has 236 valence electrons. The van der Waals surface area contributed by atoms with Crippen LogP contribution in [0.3, 0.4) is 0 Å². The van der Waals surface area contributed by atoms with Gasteiger partial charge in [0.05, 0.1) is 18.8 Å². The predicted molar refractivity (Wildman–Crippen MR) is 171 cm³/mol. The number of nitrogens with zero attached hydrogens (tertiary/aromatic N) is 1. The van der Waals surface area contributed by atoms with Crippen LogP contribution in [-0.4, -0.2) is 67.1 Å². The lowest BCUT2D eigenvalue weighted by Crippen LogP contribution is -2.53. The molecule has 41 heavy (non-hydrogen) atoms. The molecule has 0 radical (unpaired) electrons. The Morgan fingerprint density at radius 2 is 1.49 bits per heavy atom. The number of aliphatic hydroxyl groups excluding tert-OH is 1. The fourth-order valence-electron chi connectivity index (χ4n) is 9.15. The third-order valence-electron chi connectivity index (χ3n) is 11.7. The number of likely N-dealkylation sites (tertiary alicyclic amines) is 1. The number of piperidine rings is 1. The monoisotopic (exact) mass is 572 g/mol. The number of rotatable bonds is 16. The van der Waals surface area contributed by atoms with Crippen molar-refractivity contribution in [2.45, 2.75) is 159 Å². The van der Waals surface area contributed by atoms with Crippen LogP contribution in [0.25, 0.3) is 0 Å². The Hall–Kier alpha value is -0.620. The molecule has 3 N–H and O–H groups in total. The van der Waals surface area contributed by atoms with Crippen molar-refractivity contribution < 1.29 is 9.84 Å². The first-order valence-electron chi connectivity index (χ1n) is 18.3. The molecule has 3 saturated carbocycles. The highest BCUT2D eigenvalue weighted by Crippen LogP contribution is 2.34. The van der Waals surface area contributed by atoms with Gasteiger partial charge in [-0.25, -0.2) is 0 Å². The molecule has 0 bridgehead atoms. The minimum atomic E-state index is -0.388. The van der Waals surface area contributed by atoms with E-state index in [-0.39, 0.29) is 6.10 Å². The summed E-state index contributed by atoms with van der Waals surface area (Å²) in [5, 5.41) is 18.4. The molecule has 0 spiro atoms. The third-order valence-corrected chi connectivity index (χ3v) is 11.7. The summed E-state index contributed by atoms with van der Waals surface area (Å²) in [6, 6.07) is 1.23. The van der Waals surface area contributed by atoms with Crippen molar-refractivity contribution in [3.05, 3.63) is 12.3 Å². The molecule has 0 aromatic rings. The largest absolute Gasteiger partial charge is 0.389 e. The minimum Gasteiger partial charge on any atom is -0.389 e. The molecular formula is C36H65N3O2. The summed E-state index contributed by atoms with van der Waals surface area (Å²) >= 11 is 0. The maximum absolute atomic E-state index is 10.8. The predicted octanol–water partition coefficient (Wildman–Crippen LogP) is 7.19. The lowest BCUT2D eigenvalue weighted by molar-refractivity contribution is -0.0750. The van der Waals surface area contributed by atoms with Crippen LogP contribution in [0.1, 0.15) is 135 Å². The molecule has 5 fully saturated rings. The van der Waals surface area contributed by atoms with Crippen molar-refractivity contribution in [3.63, 3.8) is 0 Å². The van der Waals surface area contributed by atoms with Crippen LogP contribution < -0.4 is 10.6 Å². The molecule has 4 atom stereocenters. The number of hydrogen-bond donors (Lipinski definition) is 3. The van der Waals surface area contributed by atoms with Crippen molar-refractivity contribution in [3.8, 4) is 0 Å². The van der Waals surface area contributed by atoms with Crippen molar-refractivity contribution in [2.75, 3.05) is 32.8 Å². The lowest BCUT2D eigenvalue weighted by atomic mass is 9.77. The topological polar surface area (TPSA) is 56.8 Å². The second-order valence-corrected chi connectivity index (χ2v) is 15.0. The van der Waals surface area contributed by atoms with Crippen molar-refractivity contribution >= 4 is 0 Å². The van der Waals surface area contributed by atoms with E-state index < -0.39 is 0 Å². The SMILES string of the molecule is C=C(NC(CCCC1CCCCC1)CCCC1CCCCC1)C1CN(C[C@H](O)COC2CCCC3NCCCC32)C1. The summed E-state index contributed by atoms with van der Waals surface area (Å²) in [4.78, 5) is 2.40. The third kappa shape index (κ3) is 10.2. The maximum atomic E-state index is 10.8. The molecule has 0 aromatic carbocycles. The summed E-state index contributed by atoms with van der Waals surface area (Å²) < 4.78 is 6.33. The quantitative estimate of drug-likeness (QED) is 0.183. The number of ether oxygens (including phenoxy) is 1. The zero-order valence-corrected chi connectivity index (χ0v) is 26.5. The fraction of sp³-hybridized carbons (Fsp3) is 0.944. The van der Waals surface area contributed by atoms with Gasteiger partial charge in [0.2, 0.25) is 0 Å². The summed E-state index contributed by atoms with van der Waals surface area (Å²) in [7, 11) is 0. The molecule has 5 heteroatoms. The van der Waals surface area contributed by atoms with Crippen LogP contribution in [-0.2, 0) is 4.74 Å². The molecule has 3 aliphatic carbocycles. The lowest BCUT2D eigenvalue weighted by Gasteiger charge is -2.43. The van der Waals surface area contributed by atoms with Gasteiger partial charge in [0.15, 0.2) is 0 Å². The number of β-amino-alcohol motifs (C(OH)–C–C–N with tert-alkyl or cyclic N) is 1. The fourth-order valence-corrected chi connectivity index (χ4v) is 9.15. The van der Waals surface area contributed by atoms with E-state index in [0.717, 1.165) is 44.4 Å². The summed E-state index contributed by atoms with van der Waals surface area (Å²) in [5.74, 6) is 3.15. The van der Waals surface area contributed by atoms with Crippen LogP contribution in [0.2, 0.25) is 0 Å². The maximum Gasteiger partial charge on any atom is 0.0900 e. The molecule has 2 heterocycles. The van der Waals surface area contributed by atoms with E-state index in [2.05, 4.69) is 22.1 Å². The van der Waals surface area contributed by atoms with Gasteiger partial charge in [-0.2, -0.15) is 0 Å². The molecule has 5 rings (SSSR count). The Balaban J connectivity index is 0.991. The van der Waals surface area contributed by atoms with E-state index >= 15 is 0 Å². The molecule has 5 nitrogen and oxygen atoms in total. The van der Waals surface area contributed by atoms with Crippen molar-refractivity contribution in [1.29, 1.82) is 0 Å². The number of aliphatic hydroxyl groups is 1. The van der Waals surface area contributed by atoms with Crippen LogP contribution in [0, 0.1) is 23.7 Å². The Labute approximate surface area is 253 Å². The first-order chi connectivity index (χ1) is 20.1. The van der Waals surface area contributed by atoms with Gasteiger partial charge in [-0.05, 0) is 63.3 Å². The van der Waals surface area contributed by atoms with E-state index in [4.69, 9.17) is 4.74 Å². The van der Waals surface area contributed by atoms with Gasteiger partial charge in [-0.15, -0.1) is 0 Å². The molecule has 5 aliphatic rings. The average Bonchev–Trinajstić information content (AvgIpc) is 2.98. The number of nitrogens with one attached hydrogen (secondary N) is 2. The summed E-state index contributed by atoms with van der Waals surface area (Å²) in [6.45, 7) is 8.96. The number of fused-ring (bicyclic) bond motifs is 1. The van der Waals surface area contributed by atoms with Gasteiger partial charge >= 0.3 is 0 Å². The second-order valence-electron chi connectivity index (χ2n) is 15.0.